The molecule has 2 unspecified atom stereocenters. The molecule has 88 valence electrons. The number of carboxylic acid groups (broad SMARTS) is 1. The van der Waals surface area contributed by atoms with E-state index in [9.17, 15) is 4.79 Å². The molecule has 16 heavy (non-hydrogen) atoms. The van der Waals surface area contributed by atoms with Crippen LogP contribution < -0.4 is 5.73 Å². The Labute approximate surface area is 94.8 Å². The van der Waals surface area contributed by atoms with Gasteiger partial charge in [-0.15, -0.1) is 0 Å². The second kappa shape index (κ2) is 4.70. The lowest BCUT2D eigenvalue weighted by molar-refractivity contribution is -0.138. The molecule has 0 bridgehead atoms. The van der Waals surface area contributed by atoms with Gasteiger partial charge in [0.25, 0.3) is 0 Å². The van der Waals surface area contributed by atoms with Crippen LogP contribution in [0.5, 0.6) is 0 Å². The second-order valence-corrected chi connectivity index (χ2v) is 4.40. The Hall–Kier alpha value is -1.29. The van der Waals surface area contributed by atoms with Crippen LogP contribution in [-0.4, -0.2) is 24.2 Å². The molecule has 3 N–H and O–H groups in total. The van der Waals surface area contributed by atoms with E-state index in [4.69, 9.17) is 15.6 Å². The maximum atomic E-state index is 10.8. The van der Waals surface area contributed by atoms with E-state index < -0.39 is 5.97 Å². The largest absolute Gasteiger partial charge is 0.497 e. The lowest BCUT2D eigenvalue weighted by Crippen LogP contribution is -2.28. The lowest BCUT2D eigenvalue weighted by atomic mass is 9.75. The molecule has 0 fully saturated rings. The van der Waals surface area contributed by atoms with Gasteiger partial charge < -0.3 is 15.6 Å². The normalized spacial score (nSPS) is 28.6. The zero-order valence-corrected chi connectivity index (χ0v) is 9.19. The number of carboxylic acids is 1. The van der Waals surface area contributed by atoms with Gasteiger partial charge >= 0.3 is 5.97 Å². The van der Waals surface area contributed by atoms with Crippen LogP contribution in [0.2, 0.25) is 0 Å². The minimum atomic E-state index is -0.738. The fourth-order valence-corrected chi connectivity index (χ4v) is 2.61. The third-order valence-corrected chi connectivity index (χ3v) is 3.46. The molecule has 2 rings (SSSR count). The molecule has 0 aromatic rings. The molecular formula is C12H17NO3. The Morgan fingerprint density at radius 3 is 2.94 bits per heavy atom. The van der Waals surface area contributed by atoms with Crippen molar-refractivity contribution in [2.75, 3.05) is 13.2 Å². The Morgan fingerprint density at radius 2 is 2.25 bits per heavy atom. The van der Waals surface area contributed by atoms with Crippen LogP contribution in [0.25, 0.3) is 0 Å². The third-order valence-electron chi connectivity index (χ3n) is 3.46. The van der Waals surface area contributed by atoms with Crippen LogP contribution in [0.1, 0.15) is 19.3 Å². The van der Waals surface area contributed by atoms with Gasteiger partial charge in [0.05, 0.1) is 12.7 Å². The first kappa shape index (κ1) is 11.2. The van der Waals surface area contributed by atoms with Crippen LogP contribution in [0.15, 0.2) is 23.5 Å². The predicted molar refractivity (Wildman–Crippen MR) is 59.6 cm³/mol. The van der Waals surface area contributed by atoms with Crippen molar-refractivity contribution in [3.63, 3.8) is 0 Å². The number of hydrogen-bond donors (Lipinski definition) is 2. The minimum absolute atomic E-state index is 0.125. The van der Waals surface area contributed by atoms with Crippen LogP contribution in [0.4, 0.5) is 0 Å². The van der Waals surface area contributed by atoms with Gasteiger partial charge in [0.1, 0.15) is 6.61 Å². The molecule has 0 aromatic carbocycles. The van der Waals surface area contributed by atoms with Crippen molar-refractivity contribution < 1.29 is 14.6 Å². The molecule has 4 nitrogen and oxygen atoms in total. The summed E-state index contributed by atoms with van der Waals surface area (Å²) in [5.41, 5.74) is 8.09. The summed E-state index contributed by atoms with van der Waals surface area (Å²) in [5.74, 6) is -0.238. The second-order valence-electron chi connectivity index (χ2n) is 4.40. The molecule has 2 aliphatic rings. The SMILES string of the molecule is NCC1CCC(CC(=O)O)C2=C1C=COC2. The number of aliphatic carboxylic acids is 1. The van der Waals surface area contributed by atoms with E-state index in [1.165, 1.54) is 5.57 Å². The quantitative estimate of drug-likeness (QED) is 0.756. The van der Waals surface area contributed by atoms with Gasteiger partial charge in [-0.25, -0.2) is 0 Å². The van der Waals surface area contributed by atoms with Crippen LogP contribution in [-0.2, 0) is 9.53 Å². The van der Waals surface area contributed by atoms with E-state index in [0.717, 1.165) is 18.4 Å². The molecule has 1 aliphatic heterocycles. The first-order chi connectivity index (χ1) is 7.72. The van der Waals surface area contributed by atoms with Crippen molar-refractivity contribution in [2.45, 2.75) is 19.3 Å². The highest BCUT2D eigenvalue weighted by Gasteiger charge is 2.30. The summed E-state index contributed by atoms with van der Waals surface area (Å²) >= 11 is 0. The number of hydrogen-bond acceptors (Lipinski definition) is 3. The zero-order valence-electron chi connectivity index (χ0n) is 9.19. The Bertz CT molecular complexity index is 346. The van der Waals surface area contributed by atoms with Gasteiger partial charge in [-0.05, 0) is 48.4 Å². The fourth-order valence-electron chi connectivity index (χ4n) is 2.61. The van der Waals surface area contributed by atoms with Gasteiger partial charge in [0.2, 0.25) is 0 Å². The van der Waals surface area contributed by atoms with Crippen LogP contribution >= 0.6 is 0 Å². The summed E-state index contributed by atoms with van der Waals surface area (Å²) < 4.78 is 5.27. The molecule has 0 radical (unpaired) electrons. The van der Waals surface area contributed by atoms with Crippen molar-refractivity contribution >= 4 is 5.97 Å². The summed E-state index contributed by atoms with van der Waals surface area (Å²) in [4.78, 5) is 10.8. The van der Waals surface area contributed by atoms with E-state index in [-0.39, 0.29) is 12.3 Å². The topological polar surface area (TPSA) is 72.6 Å². The summed E-state index contributed by atoms with van der Waals surface area (Å²) in [5, 5.41) is 8.87. The lowest BCUT2D eigenvalue weighted by Gasteiger charge is -2.33. The predicted octanol–water partition coefficient (Wildman–Crippen LogP) is 1.29. The van der Waals surface area contributed by atoms with E-state index in [1.807, 2.05) is 6.08 Å². The summed E-state index contributed by atoms with van der Waals surface area (Å²) in [6, 6.07) is 0. The number of nitrogens with two attached hydrogens (primary N) is 1. The molecule has 0 aromatic heterocycles. The van der Waals surface area contributed by atoms with Gasteiger partial charge in [0.15, 0.2) is 0 Å². The van der Waals surface area contributed by atoms with Gasteiger partial charge in [-0.3, -0.25) is 4.79 Å². The maximum absolute atomic E-state index is 10.8. The highest BCUT2D eigenvalue weighted by molar-refractivity contribution is 5.67. The summed E-state index contributed by atoms with van der Waals surface area (Å²) in [6.07, 6.45) is 5.73. The zero-order chi connectivity index (χ0) is 11.5. The third kappa shape index (κ3) is 2.11. The molecule has 0 saturated carbocycles. The Morgan fingerprint density at radius 1 is 1.50 bits per heavy atom. The van der Waals surface area contributed by atoms with E-state index >= 15 is 0 Å². The monoisotopic (exact) mass is 223 g/mol. The molecule has 0 saturated heterocycles. The number of ether oxygens (including phenoxy) is 1. The molecule has 1 aliphatic carbocycles. The highest BCUT2D eigenvalue weighted by Crippen LogP contribution is 2.38. The number of rotatable bonds is 3. The van der Waals surface area contributed by atoms with Crippen molar-refractivity contribution in [1.82, 2.24) is 0 Å². The van der Waals surface area contributed by atoms with Gasteiger partial charge in [0, 0.05) is 0 Å². The van der Waals surface area contributed by atoms with Gasteiger partial charge in [-0.1, -0.05) is 0 Å². The first-order valence-electron chi connectivity index (χ1n) is 5.65. The van der Waals surface area contributed by atoms with Gasteiger partial charge in [-0.2, -0.15) is 0 Å². The molecule has 4 heteroatoms. The minimum Gasteiger partial charge on any atom is -0.497 e. The highest BCUT2D eigenvalue weighted by atomic mass is 16.5. The Balaban J connectivity index is 2.24. The molecule has 1 heterocycles. The van der Waals surface area contributed by atoms with E-state index in [2.05, 4.69) is 0 Å². The Kier molecular flexibility index (Phi) is 3.29. The average Bonchev–Trinajstić information content (AvgIpc) is 2.29. The average molecular weight is 223 g/mol. The van der Waals surface area contributed by atoms with Crippen LogP contribution in [0, 0.1) is 11.8 Å². The van der Waals surface area contributed by atoms with Crippen molar-refractivity contribution in [2.24, 2.45) is 17.6 Å². The molecular weight excluding hydrogens is 206 g/mol. The maximum Gasteiger partial charge on any atom is 0.303 e. The fraction of sp³-hybridized carbons (Fsp3) is 0.583. The smallest absolute Gasteiger partial charge is 0.303 e. The summed E-state index contributed by atoms with van der Waals surface area (Å²) in [7, 11) is 0. The summed E-state index contributed by atoms with van der Waals surface area (Å²) in [6.45, 7) is 1.16. The van der Waals surface area contributed by atoms with Crippen molar-refractivity contribution in [3.05, 3.63) is 23.5 Å². The van der Waals surface area contributed by atoms with Crippen molar-refractivity contribution in [1.29, 1.82) is 0 Å². The molecule has 0 spiro atoms. The first-order valence-corrected chi connectivity index (χ1v) is 5.65. The number of carbonyl (C=O) groups is 1. The van der Waals surface area contributed by atoms with E-state index in [0.29, 0.717) is 19.1 Å². The standard InChI is InChI=1S/C12H17NO3/c13-6-9-2-1-8(5-12(14)15)11-7-16-4-3-10(9)11/h3-4,8-9H,1-2,5-7,13H2,(H,14,15). The van der Waals surface area contributed by atoms with Crippen molar-refractivity contribution in [3.8, 4) is 0 Å². The molecule has 0 amide bonds. The molecule has 2 atom stereocenters. The number of allylic oxidation sites excluding steroid dienone is 1. The van der Waals surface area contributed by atoms with Crippen LogP contribution in [0.3, 0.4) is 0 Å². The van der Waals surface area contributed by atoms with E-state index in [1.54, 1.807) is 6.26 Å².